The average Bonchev–Trinajstić information content (AvgIpc) is 3.09. The van der Waals surface area contributed by atoms with Crippen LogP contribution in [0.4, 0.5) is 14.6 Å². The Morgan fingerprint density at radius 3 is 2.82 bits per heavy atom. The van der Waals surface area contributed by atoms with Gasteiger partial charge in [-0.1, -0.05) is 13.8 Å². The van der Waals surface area contributed by atoms with Crippen molar-refractivity contribution < 1.29 is 27.9 Å². The molecular weight excluding hydrogens is 374 g/mol. The summed E-state index contributed by atoms with van der Waals surface area (Å²) < 4.78 is 29.3. The number of ether oxygens (including phenoxy) is 1. The van der Waals surface area contributed by atoms with Gasteiger partial charge in [0.1, 0.15) is 5.82 Å². The maximum absolute atomic E-state index is 12.7. The highest BCUT2D eigenvalue weighted by Gasteiger charge is 2.28. The number of nitrogens with zero attached hydrogens (tertiary/aromatic N) is 3. The summed E-state index contributed by atoms with van der Waals surface area (Å²) in [5.41, 5.74) is 0.871. The van der Waals surface area contributed by atoms with E-state index in [1.165, 1.54) is 24.4 Å². The van der Waals surface area contributed by atoms with Gasteiger partial charge in [-0.05, 0) is 18.2 Å². The molecule has 0 aliphatic carbocycles. The van der Waals surface area contributed by atoms with E-state index in [0.717, 1.165) is 5.06 Å². The Morgan fingerprint density at radius 1 is 1.32 bits per heavy atom. The van der Waals surface area contributed by atoms with Gasteiger partial charge in [-0.3, -0.25) is 9.59 Å². The number of rotatable bonds is 6. The molecule has 0 saturated heterocycles. The van der Waals surface area contributed by atoms with Crippen molar-refractivity contribution in [2.75, 3.05) is 11.9 Å². The standard InChI is InChI=1S/C18H18F2N4O4/c1-10(2)16(25)22-14-7-11(5-6-21-14)18(26)24-8-12-3-4-15(23-17(12)28-24)27-9-13(19)20/h3-7,10,13H,8-9H2,1-2H3,(H,21,22,25). The SMILES string of the molecule is CC(C)C(=O)Nc1cc(C(=O)N2Cc3ccc(OCC(F)F)nc3O2)ccn1. The van der Waals surface area contributed by atoms with E-state index in [-0.39, 0.29) is 41.5 Å². The Morgan fingerprint density at radius 2 is 2.11 bits per heavy atom. The molecule has 0 radical (unpaired) electrons. The zero-order valence-electron chi connectivity index (χ0n) is 15.2. The maximum atomic E-state index is 12.7. The molecule has 10 heteroatoms. The first kappa shape index (κ1) is 19.5. The number of nitrogens with one attached hydrogen (secondary N) is 1. The minimum atomic E-state index is -2.62. The molecule has 0 fully saturated rings. The first-order valence-corrected chi connectivity index (χ1v) is 8.51. The number of hydrogen-bond acceptors (Lipinski definition) is 6. The van der Waals surface area contributed by atoms with Gasteiger partial charge >= 0.3 is 0 Å². The number of fused-ring (bicyclic) bond motifs is 1. The second kappa shape index (κ2) is 8.15. The van der Waals surface area contributed by atoms with E-state index in [1.54, 1.807) is 19.9 Å². The predicted octanol–water partition coefficient (Wildman–Crippen LogP) is 2.66. The van der Waals surface area contributed by atoms with Gasteiger partial charge in [0, 0.05) is 29.3 Å². The van der Waals surface area contributed by atoms with Gasteiger partial charge in [-0.2, -0.15) is 10.0 Å². The van der Waals surface area contributed by atoms with Crippen LogP contribution in [0.25, 0.3) is 0 Å². The van der Waals surface area contributed by atoms with Gasteiger partial charge in [0.05, 0.1) is 6.54 Å². The van der Waals surface area contributed by atoms with E-state index >= 15 is 0 Å². The Balaban J connectivity index is 1.69. The molecule has 0 aromatic carbocycles. The molecule has 0 bridgehead atoms. The van der Waals surface area contributed by atoms with Crippen molar-refractivity contribution in [1.29, 1.82) is 0 Å². The zero-order valence-corrected chi connectivity index (χ0v) is 15.2. The third-order valence-electron chi connectivity index (χ3n) is 3.79. The average molecular weight is 392 g/mol. The van der Waals surface area contributed by atoms with Crippen LogP contribution in [0.1, 0.15) is 29.8 Å². The van der Waals surface area contributed by atoms with E-state index in [0.29, 0.717) is 5.56 Å². The van der Waals surface area contributed by atoms with Crippen molar-refractivity contribution in [3.63, 3.8) is 0 Å². The first-order chi connectivity index (χ1) is 13.3. The van der Waals surface area contributed by atoms with Crippen LogP contribution in [0, 0.1) is 5.92 Å². The van der Waals surface area contributed by atoms with Crippen molar-refractivity contribution >= 4 is 17.6 Å². The Bertz CT molecular complexity index is 892. The number of amides is 2. The lowest BCUT2D eigenvalue weighted by atomic mass is 10.2. The van der Waals surface area contributed by atoms with Crippen LogP contribution in [0.2, 0.25) is 0 Å². The topological polar surface area (TPSA) is 93.7 Å². The van der Waals surface area contributed by atoms with Crippen molar-refractivity contribution in [1.82, 2.24) is 15.0 Å². The molecule has 148 valence electrons. The largest absolute Gasteiger partial charge is 0.472 e. The van der Waals surface area contributed by atoms with Crippen molar-refractivity contribution in [3.05, 3.63) is 41.6 Å². The minimum Gasteiger partial charge on any atom is -0.472 e. The van der Waals surface area contributed by atoms with E-state index in [9.17, 15) is 18.4 Å². The highest BCUT2D eigenvalue weighted by Crippen LogP contribution is 2.29. The summed E-state index contributed by atoms with van der Waals surface area (Å²) in [7, 11) is 0. The Labute approximate surface area is 159 Å². The molecular formula is C18H18F2N4O4. The smallest absolute Gasteiger partial charge is 0.287 e. The molecule has 1 aliphatic heterocycles. The Kier molecular flexibility index (Phi) is 5.67. The number of aromatic nitrogens is 2. The predicted molar refractivity (Wildman–Crippen MR) is 93.9 cm³/mol. The monoisotopic (exact) mass is 392 g/mol. The molecule has 0 atom stereocenters. The lowest BCUT2D eigenvalue weighted by molar-refractivity contribution is -0.118. The van der Waals surface area contributed by atoms with E-state index < -0.39 is 18.9 Å². The lowest BCUT2D eigenvalue weighted by Gasteiger charge is -2.14. The molecule has 28 heavy (non-hydrogen) atoms. The number of carbonyl (C=O) groups is 2. The van der Waals surface area contributed by atoms with Crippen LogP contribution in [-0.2, 0) is 11.3 Å². The summed E-state index contributed by atoms with van der Waals surface area (Å²) in [6.45, 7) is 2.83. The normalized spacial score (nSPS) is 12.7. The van der Waals surface area contributed by atoms with Gasteiger partial charge in [-0.25, -0.2) is 13.8 Å². The third kappa shape index (κ3) is 4.51. The quantitative estimate of drug-likeness (QED) is 0.812. The third-order valence-corrected chi connectivity index (χ3v) is 3.79. The summed E-state index contributed by atoms with van der Waals surface area (Å²) in [6.07, 6.45) is -1.22. The maximum Gasteiger partial charge on any atom is 0.287 e. The summed E-state index contributed by atoms with van der Waals surface area (Å²) in [6, 6.07) is 5.96. The second-order valence-corrected chi connectivity index (χ2v) is 6.32. The fourth-order valence-corrected chi connectivity index (χ4v) is 2.33. The van der Waals surface area contributed by atoms with Crippen molar-refractivity contribution in [2.45, 2.75) is 26.8 Å². The number of pyridine rings is 2. The van der Waals surface area contributed by atoms with E-state index in [2.05, 4.69) is 15.3 Å². The lowest BCUT2D eigenvalue weighted by Crippen LogP contribution is -2.29. The number of anilines is 1. The van der Waals surface area contributed by atoms with E-state index in [4.69, 9.17) is 9.57 Å². The number of carbonyl (C=O) groups excluding carboxylic acids is 2. The number of alkyl halides is 2. The van der Waals surface area contributed by atoms with Crippen LogP contribution in [0.15, 0.2) is 30.5 Å². The molecule has 0 saturated carbocycles. The minimum absolute atomic E-state index is 0.0176. The van der Waals surface area contributed by atoms with E-state index in [1.807, 2.05) is 0 Å². The number of hydrogen-bond donors (Lipinski definition) is 1. The van der Waals surface area contributed by atoms with Crippen LogP contribution >= 0.6 is 0 Å². The Hall–Kier alpha value is -3.30. The zero-order chi connectivity index (χ0) is 20.3. The molecule has 2 aromatic heterocycles. The summed E-state index contributed by atoms with van der Waals surface area (Å²) in [4.78, 5) is 37.9. The summed E-state index contributed by atoms with van der Waals surface area (Å²) >= 11 is 0. The number of hydroxylamine groups is 2. The fraction of sp³-hybridized carbons (Fsp3) is 0.333. The van der Waals surface area contributed by atoms with Crippen LogP contribution in [0.3, 0.4) is 0 Å². The van der Waals surface area contributed by atoms with Gasteiger partial charge < -0.3 is 14.9 Å². The molecule has 2 amide bonds. The summed E-state index contributed by atoms with van der Waals surface area (Å²) in [5.74, 6) is -0.566. The van der Waals surface area contributed by atoms with Gasteiger partial charge in [0.15, 0.2) is 6.61 Å². The van der Waals surface area contributed by atoms with Gasteiger partial charge in [0.25, 0.3) is 18.2 Å². The summed E-state index contributed by atoms with van der Waals surface area (Å²) in [5, 5.41) is 3.70. The number of halogens is 2. The van der Waals surface area contributed by atoms with Crippen molar-refractivity contribution in [2.24, 2.45) is 5.92 Å². The molecule has 1 aliphatic rings. The van der Waals surface area contributed by atoms with Gasteiger partial charge in [0.2, 0.25) is 11.8 Å². The fourth-order valence-electron chi connectivity index (χ4n) is 2.33. The van der Waals surface area contributed by atoms with Crippen LogP contribution in [0.5, 0.6) is 11.8 Å². The molecule has 8 nitrogen and oxygen atoms in total. The second-order valence-electron chi connectivity index (χ2n) is 6.32. The highest BCUT2D eigenvalue weighted by atomic mass is 19.3. The molecule has 3 rings (SSSR count). The van der Waals surface area contributed by atoms with Crippen molar-refractivity contribution in [3.8, 4) is 11.8 Å². The van der Waals surface area contributed by atoms with Crippen LogP contribution < -0.4 is 14.9 Å². The van der Waals surface area contributed by atoms with Crippen LogP contribution in [-0.4, -0.2) is 39.9 Å². The first-order valence-electron chi connectivity index (χ1n) is 8.51. The molecule has 0 unspecified atom stereocenters. The molecule has 3 heterocycles. The molecule has 2 aromatic rings. The molecule has 1 N–H and O–H groups in total. The molecule has 0 spiro atoms. The highest BCUT2D eigenvalue weighted by molar-refractivity contribution is 5.96. The van der Waals surface area contributed by atoms with Gasteiger partial charge in [-0.15, -0.1) is 0 Å².